The first-order chi connectivity index (χ1) is 10.7. The van der Waals surface area contributed by atoms with Gasteiger partial charge in [-0.2, -0.15) is 0 Å². The zero-order valence-corrected chi connectivity index (χ0v) is 13.3. The van der Waals surface area contributed by atoms with Crippen molar-refractivity contribution in [2.24, 2.45) is 0 Å². The molecule has 0 saturated heterocycles. The third kappa shape index (κ3) is 2.33. The molecule has 3 nitrogen and oxygen atoms in total. The fourth-order valence-corrected chi connectivity index (χ4v) is 3.09. The normalized spacial score (nSPS) is 11.0. The molecule has 0 radical (unpaired) electrons. The van der Waals surface area contributed by atoms with Gasteiger partial charge in [-0.25, -0.2) is 0 Å². The maximum atomic E-state index is 9.80. The molecule has 2 aromatic carbocycles. The van der Waals surface area contributed by atoms with E-state index in [4.69, 9.17) is 4.74 Å². The molecule has 0 bridgehead atoms. The number of aromatic nitrogens is 1. The summed E-state index contributed by atoms with van der Waals surface area (Å²) < 4.78 is 7.59. The molecule has 0 unspecified atom stereocenters. The van der Waals surface area contributed by atoms with Crippen LogP contribution >= 0.6 is 0 Å². The number of benzene rings is 2. The van der Waals surface area contributed by atoms with Gasteiger partial charge in [-0.15, -0.1) is 0 Å². The van der Waals surface area contributed by atoms with Crippen LogP contribution in [0.5, 0.6) is 11.5 Å². The van der Waals surface area contributed by atoms with Crippen LogP contribution in [-0.4, -0.2) is 16.8 Å². The number of methoxy groups -OCH3 is 1. The summed E-state index contributed by atoms with van der Waals surface area (Å²) in [6.45, 7) is 5.25. The predicted molar refractivity (Wildman–Crippen MR) is 90.6 cm³/mol. The van der Waals surface area contributed by atoms with Crippen molar-refractivity contribution < 1.29 is 9.84 Å². The topological polar surface area (TPSA) is 34.4 Å². The Kier molecular flexibility index (Phi) is 3.80. The monoisotopic (exact) mass is 295 g/mol. The van der Waals surface area contributed by atoms with Gasteiger partial charge in [0.2, 0.25) is 0 Å². The summed E-state index contributed by atoms with van der Waals surface area (Å²) in [6, 6.07) is 13.8. The Balaban J connectivity index is 2.26. The number of phenols is 1. The van der Waals surface area contributed by atoms with Crippen molar-refractivity contribution >= 4 is 10.9 Å². The van der Waals surface area contributed by atoms with Gasteiger partial charge in [-0.1, -0.05) is 6.92 Å². The molecule has 3 aromatic rings. The Hall–Kier alpha value is -2.42. The largest absolute Gasteiger partial charge is 0.508 e. The lowest BCUT2D eigenvalue weighted by Crippen LogP contribution is -1.99. The molecule has 0 aliphatic rings. The van der Waals surface area contributed by atoms with Crippen molar-refractivity contribution in [2.75, 3.05) is 7.11 Å². The van der Waals surface area contributed by atoms with Crippen molar-refractivity contribution in [2.45, 2.75) is 26.8 Å². The van der Waals surface area contributed by atoms with Gasteiger partial charge in [0.15, 0.2) is 0 Å². The molecular formula is C19H21NO2. The van der Waals surface area contributed by atoms with E-state index in [9.17, 15) is 5.11 Å². The van der Waals surface area contributed by atoms with Gasteiger partial charge in [0, 0.05) is 17.4 Å². The van der Waals surface area contributed by atoms with Crippen molar-refractivity contribution in [1.82, 2.24) is 4.57 Å². The van der Waals surface area contributed by atoms with E-state index in [1.165, 1.54) is 22.3 Å². The minimum atomic E-state index is 0.311. The summed E-state index contributed by atoms with van der Waals surface area (Å²) in [4.78, 5) is 0. The van der Waals surface area contributed by atoms with Crippen LogP contribution in [0.25, 0.3) is 22.2 Å². The summed E-state index contributed by atoms with van der Waals surface area (Å²) >= 11 is 0. The number of ether oxygens (including phenoxy) is 1. The number of aryl methyl sites for hydroxylation is 2. The molecule has 114 valence electrons. The molecule has 3 rings (SSSR count). The highest BCUT2D eigenvalue weighted by Gasteiger charge is 2.15. The molecule has 0 fully saturated rings. The van der Waals surface area contributed by atoms with Gasteiger partial charge in [0.1, 0.15) is 11.5 Å². The standard InChI is InChI=1S/C19H21NO2/c1-4-11-20-18-10-7-15(21)12-17(18)13(2)19(20)14-5-8-16(22-3)9-6-14/h5-10,12,21H,4,11H2,1-3H3. The lowest BCUT2D eigenvalue weighted by Gasteiger charge is -2.11. The van der Waals surface area contributed by atoms with E-state index in [1.807, 2.05) is 24.3 Å². The van der Waals surface area contributed by atoms with Crippen LogP contribution in [0, 0.1) is 6.92 Å². The Morgan fingerprint density at radius 2 is 1.82 bits per heavy atom. The first-order valence-electron chi connectivity index (χ1n) is 7.62. The smallest absolute Gasteiger partial charge is 0.118 e. The number of hydrogen-bond donors (Lipinski definition) is 1. The highest BCUT2D eigenvalue weighted by Crippen LogP contribution is 2.35. The van der Waals surface area contributed by atoms with Crippen molar-refractivity contribution in [1.29, 1.82) is 0 Å². The van der Waals surface area contributed by atoms with E-state index < -0.39 is 0 Å². The van der Waals surface area contributed by atoms with Crippen molar-refractivity contribution in [3.63, 3.8) is 0 Å². The number of nitrogens with zero attached hydrogens (tertiary/aromatic N) is 1. The molecule has 0 saturated carbocycles. The molecule has 22 heavy (non-hydrogen) atoms. The van der Waals surface area contributed by atoms with Gasteiger partial charge in [0.05, 0.1) is 12.8 Å². The zero-order chi connectivity index (χ0) is 15.7. The zero-order valence-electron chi connectivity index (χ0n) is 13.3. The van der Waals surface area contributed by atoms with E-state index in [0.29, 0.717) is 5.75 Å². The van der Waals surface area contributed by atoms with Crippen LogP contribution in [0.2, 0.25) is 0 Å². The molecular weight excluding hydrogens is 274 g/mol. The van der Waals surface area contributed by atoms with Crippen LogP contribution in [0.4, 0.5) is 0 Å². The van der Waals surface area contributed by atoms with Crippen LogP contribution in [0.1, 0.15) is 18.9 Å². The molecule has 1 N–H and O–H groups in total. The van der Waals surface area contributed by atoms with Crippen molar-refractivity contribution in [3.8, 4) is 22.8 Å². The number of fused-ring (bicyclic) bond motifs is 1. The van der Waals surface area contributed by atoms with Crippen LogP contribution in [0.15, 0.2) is 42.5 Å². The Labute approximate surface area is 130 Å². The van der Waals surface area contributed by atoms with Gasteiger partial charge in [0.25, 0.3) is 0 Å². The van der Waals surface area contributed by atoms with Gasteiger partial charge in [-0.3, -0.25) is 0 Å². The molecule has 0 atom stereocenters. The first kappa shape index (κ1) is 14.5. The maximum Gasteiger partial charge on any atom is 0.118 e. The number of phenolic OH excluding ortho intramolecular Hbond substituents is 1. The average molecular weight is 295 g/mol. The summed E-state index contributed by atoms with van der Waals surface area (Å²) in [6.07, 6.45) is 1.06. The van der Waals surface area contributed by atoms with Gasteiger partial charge < -0.3 is 14.4 Å². The Bertz CT molecular complexity index is 800. The van der Waals surface area contributed by atoms with Crippen molar-refractivity contribution in [3.05, 3.63) is 48.0 Å². The lowest BCUT2D eigenvalue weighted by atomic mass is 10.1. The second-order valence-electron chi connectivity index (χ2n) is 5.56. The van der Waals surface area contributed by atoms with E-state index in [2.05, 4.69) is 30.5 Å². The molecule has 0 aliphatic carbocycles. The van der Waals surface area contributed by atoms with Gasteiger partial charge >= 0.3 is 0 Å². The fourth-order valence-electron chi connectivity index (χ4n) is 3.09. The minimum absolute atomic E-state index is 0.311. The van der Waals surface area contributed by atoms with Crippen LogP contribution in [-0.2, 0) is 6.54 Å². The number of hydrogen-bond acceptors (Lipinski definition) is 2. The summed E-state index contributed by atoms with van der Waals surface area (Å²) in [7, 11) is 1.68. The third-order valence-corrected chi connectivity index (χ3v) is 4.11. The summed E-state index contributed by atoms with van der Waals surface area (Å²) in [5, 5.41) is 10.9. The lowest BCUT2D eigenvalue weighted by molar-refractivity contribution is 0.415. The van der Waals surface area contributed by atoms with E-state index in [1.54, 1.807) is 13.2 Å². The molecule has 1 heterocycles. The SMILES string of the molecule is CCCn1c(-c2ccc(OC)cc2)c(C)c2cc(O)ccc21. The van der Waals surface area contributed by atoms with E-state index >= 15 is 0 Å². The third-order valence-electron chi connectivity index (χ3n) is 4.11. The average Bonchev–Trinajstić information content (AvgIpc) is 2.80. The maximum absolute atomic E-state index is 9.80. The van der Waals surface area contributed by atoms with Crippen LogP contribution in [0.3, 0.4) is 0 Å². The highest BCUT2D eigenvalue weighted by molar-refractivity contribution is 5.92. The summed E-state index contributed by atoms with van der Waals surface area (Å²) in [5.41, 5.74) is 4.75. The molecule has 0 spiro atoms. The second kappa shape index (κ2) is 5.76. The Morgan fingerprint density at radius 3 is 2.45 bits per heavy atom. The predicted octanol–water partition coefficient (Wildman–Crippen LogP) is 4.74. The fraction of sp³-hybridized carbons (Fsp3) is 0.263. The summed E-state index contributed by atoms with van der Waals surface area (Å²) in [5.74, 6) is 1.17. The highest BCUT2D eigenvalue weighted by atomic mass is 16.5. The first-order valence-corrected chi connectivity index (χ1v) is 7.62. The molecule has 3 heteroatoms. The van der Waals surface area contributed by atoms with Crippen LogP contribution < -0.4 is 4.74 Å². The second-order valence-corrected chi connectivity index (χ2v) is 5.56. The minimum Gasteiger partial charge on any atom is -0.508 e. The van der Waals surface area contributed by atoms with E-state index in [0.717, 1.165) is 24.1 Å². The van der Waals surface area contributed by atoms with E-state index in [-0.39, 0.29) is 0 Å². The number of aromatic hydroxyl groups is 1. The molecule has 0 aliphatic heterocycles. The molecule has 1 aromatic heterocycles. The molecule has 0 amide bonds. The number of rotatable bonds is 4. The Morgan fingerprint density at radius 1 is 1.09 bits per heavy atom. The quantitative estimate of drug-likeness (QED) is 0.754. The van der Waals surface area contributed by atoms with Gasteiger partial charge in [-0.05, 0) is 66.9 Å².